The highest BCUT2D eigenvalue weighted by molar-refractivity contribution is 9.10. The minimum atomic E-state index is -0.540. The average Bonchev–Trinajstić information content (AvgIpc) is 2.74. The molecule has 3 aromatic carbocycles. The summed E-state index contributed by atoms with van der Waals surface area (Å²) in [5, 5.41) is 0. The van der Waals surface area contributed by atoms with Crippen LogP contribution in [-0.4, -0.2) is 19.8 Å². The molecule has 4 rings (SSSR count). The van der Waals surface area contributed by atoms with Crippen molar-refractivity contribution in [3.63, 3.8) is 0 Å². The third-order valence-corrected chi connectivity index (χ3v) is 6.50. The summed E-state index contributed by atoms with van der Waals surface area (Å²) < 4.78 is 27.5. The maximum atomic E-state index is 15.4. The molecule has 1 aliphatic rings. The third kappa shape index (κ3) is 4.03. The van der Waals surface area contributed by atoms with Crippen molar-refractivity contribution in [2.24, 2.45) is 0 Å². The molecule has 1 unspecified atom stereocenters. The molecule has 0 saturated heterocycles. The molecule has 0 amide bonds. The van der Waals surface area contributed by atoms with Gasteiger partial charge >= 0.3 is 0 Å². The van der Waals surface area contributed by atoms with E-state index >= 15 is 4.39 Å². The van der Waals surface area contributed by atoms with Crippen LogP contribution >= 0.6 is 15.9 Å². The first-order valence-corrected chi connectivity index (χ1v) is 11.3. The second kappa shape index (κ2) is 8.54. The average molecular weight is 484 g/mol. The van der Waals surface area contributed by atoms with Crippen LogP contribution in [0.25, 0.3) is 0 Å². The Kier molecular flexibility index (Phi) is 5.98. The number of benzene rings is 3. The number of halogens is 2. The van der Waals surface area contributed by atoms with Crippen molar-refractivity contribution in [3.05, 3.63) is 87.6 Å². The van der Waals surface area contributed by atoms with Crippen molar-refractivity contribution < 1.29 is 13.9 Å². The minimum Gasteiger partial charge on any atom is -0.497 e. The van der Waals surface area contributed by atoms with E-state index in [2.05, 4.69) is 52.0 Å². The Balaban J connectivity index is 1.86. The number of nitrogens with zero attached hydrogens (tertiary/aromatic N) is 1. The quantitative estimate of drug-likeness (QED) is 0.402. The second-order valence-electron chi connectivity index (χ2n) is 8.28. The van der Waals surface area contributed by atoms with Crippen LogP contribution in [0.15, 0.2) is 65.1 Å². The zero-order valence-corrected chi connectivity index (χ0v) is 19.9. The Morgan fingerprint density at radius 2 is 1.71 bits per heavy atom. The molecule has 0 bridgehead atoms. The fraction of sp³-hybridized carbons (Fsp3) is 0.308. The van der Waals surface area contributed by atoms with Crippen LogP contribution < -0.4 is 14.4 Å². The van der Waals surface area contributed by atoms with Crippen molar-refractivity contribution >= 4 is 21.6 Å². The summed E-state index contributed by atoms with van der Waals surface area (Å²) in [6.45, 7) is 6.73. The van der Waals surface area contributed by atoms with Gasteiger partial charge < -0.3 is 14.4 Å². The van der Waals surface area contributed by atoms with Crippen molar-refractivity contribution in [2.45, 2.75) is 38.8 Å². The van der Waals surface area contributed by atoms with E-state index in [0.29, 0.717) is 18.0 Å². The summed E-state index contributed by atoms with van der Waals surface area (Å²) in [7, 11) is 1.68. The summed E-state index contributed by atoms with van der Waals surface area (Å²) in [4.78, 5) is 2.17. The molecule has 0 saturated carbocycles. The molecule has 5 heteroatoms. The van der Waals surface area contributed by atoms with Gasteiger partial charge in [-0.25, -0.2) is 4.39 Å². The summed E-state index contributed by atoms with van der Waals surface area (Å²) >= 11 is 3.53. The van der Waals surface area contributed by atoms with Gasteiger partial charge in [-0.05, 0) is 80.3 Å². The normalized spacial score (nSPS) is 18.1. The number of fused-ring (bicyclic) bond motifs is 1. The number of rotatable bonds is 5. The molecule has 3 aromatic rings. The van der Waals surface area contributed by atoms with Gasteiger partial charge in [-0.15, -0.1) is 0 Å². The van der Waals surface area contributed by atoms with Gasteiger partial charge in [0.15, 0.2) is 0 Å². The highest BCUT2D eigenvalue weighted by atomic mass is 79.9. The van der Waals surface area contributed by atoms with Crippen molar-refractivity contribution in [1.29, 1.82) is 0 Å². The molecule has 0 fully saturated rings. The smallest absolute Gasteiger partial charge is 0.150 e. The number of ether oxygens (including phenoxy) is 2. The monoisotopic (exact) mass is 483 g/mol. The van der Waals surface area contributed by atoms with E-state index in [1.54, 1.807) is 7.11 Å². The Morgan fingerprint density at radius 3 is 2.35 bits per heavy atom. The predicted molar refractivity (Wildman–Crippen MR) is 127 cm³/mol. The molecule has 0 N–H and O–H groups in total. The minimum absolute atomic E-state index is 0.00451. The third-order valence-electron chi connectivity index (χ3n) is 5.97. The zero-order chi connectivity index (χ0) is 22.2. The van der Waals surface area contributed by atoms with Gasteiger partial charge in [-0.2, -0.15) is 0 Å². The summed E-state index contributed by atoms with van der Waals surface area (Å²) in [5.74, 6) is 1.11. The highest BCUT2D eigenvalue weighted by Gasteiger charge is 2.41. The summed E-state index contributed by atoms with van der Waals surface area (Å²) in [5.41, 5.74) is 3.51. The molecular weight excluding hydrogens is 457 g/mol. The molecule has 1 aliphatic heterocycles. The lowest BCUT2D eigenvalue weighted by Gasteiger charge is -2.48. The Morgan fingerprint density at radius 1 is 1.00 bits per heavy atom. The van der Waals surface area contributed by atoms with Crippen molar-refractivity contribution in [3.8, 4) is 11.5 Å². The van der Waals surface area contributed by atoms with Crippen LogP contribution in [0.4, 0.5) is 10.1 Å². The maximum Gasteiger partial charge on any atom is 0.150 e. The van der Waals surface area contributed by atoms with E-state index in [4.69, 9.17) is 9.47 Å². The Labute approximate surface area is 191 Å². The number of methoxy groups -OCH3 is 1. The molecule has 1 heterocycles. The first kappa shape index (κ1) is 21.7. The maximum absolute atomic E-state index is 15.4. The Hall–Kier alpha value is -2.53. The number of hydrogen-bond donors (Lipinski definition) is 0. The van der Waals surface area contributed by atoms with Crippen molar-refractivity contribution in [1.82, 2.24) is 0 Å². The molecule has 162 valence electrons. The second-order valence-corrected chi connectivity index (χ2v) is 9.20. The fourth-order valence-electron chi connectivity index (χ4n) is 4.48. The van der Waals surface area contributed by atoms with Crippen LogP contribution in [0.1, 0.15) is 37.5 Å². The largest absolute Gasteiger partial charge is 0.497 e. The van der Waals surface area contributed by atoms with E-state index in [1.807, 2.05) is 44.2 Å². The van der Waals surface area contributed by atoms with Crippen LogP contribution in [-0.2, 0) is 12.0 Å². The van der Waals surface area contributed by atoms with E-state index in [0.717, 1.165) is 27.8 Å². The molecule has 3 nitrogen and oxygen atoms in total. The lowest BCUT2D eigenvalue weighted by Crippen LogP contribution is -2.50. The first-order valence-electron chi connectivity index (χ1n) is 10.5. The molecular formula is C26H27BrFNO2. The molecule has 0 spiro atoms. The molecule has 0 radical (unpaired) electrons. The summed E-state index contributed by atoms with van der Waals surface area (Å²) in [6.07, 6.45) is 0.803. The van der Waals surface area contributed by atoms with Gasteiger partial charge in [-0.3, -0.25) is 0 Å². The molecule has 0 aliphatic carbocycles. The van der Waals surface area contributed by atoms with E-state index in [9.17, 15) is 0 Å². The lowest BCUT2D eigenvalue weighted by atomic mass is 9.76. The Bertz CT molecular complexity index is 1080. The van der Waals surface area contributed by atoms with Crippen LogP contribution in [0.5, 0.6) is 11.5 Å². The van der Waals surface area contributed by atoms with Gasteiger partial charge in [0.2, 0.25) is 0 Å². The van der Waals surface area contributed by atoms with Crippen LogP contribution in [0, 0.1) is 5.82 Å². The van der Waals surface area contributed by atoms with E-state index < -0.39 is 5.54 Å². The van der Waals surface area contributed by atoms with Crippen LogP contribution in [0.3, 0.4) is 0 Å². The van der Waals surface area contributed by atoms with Gasteiger partial charge in [0.25, 0.3) is 0 Å². The zero-order valence-electron chi connectivity index (χ0n) is 18.3. The predicted octanol–water partition coefficient (Wildman–Crippen LogP) is 6.71. The molecule has 0 aromatic heterocycles. The highest BCUT2D eigenvalue weighted by Crippen LogP contribution is 2.45. The topological polar surface area (TPSA) is 21.7 Å². The van der Waals surface area contributed by atoms with Gasteiger partial charge in [0, 0.05) is 17.1 Å². The molecule has 31 heavy (non-hydrogen) atoms. The summed E-state index contributed by atoms with van der Waals surface area (Å²) in [6, 6.07) is 19.6. The van der Waals surface area contributed by atoms with Gasteiger partial charge in [0.05, 0.1) is 24.4 Å². The van der Waals surface area contributed by atoms with Gasteiger partial charge in [0.1, 0.15) is 17.3 Å². The molecule has 1 atom stereocenters. The van der Waals surface area contributed by atoms with E-state index in [1.165, 1.54) is 11.6 Å². The van der Waals surface area contributed by atoms with Gasteiger partial charge in [-0.1, -0.05) is 34.1 Å². The number of hydrogen-bond acceptors (Lipinski definition) is 3. The SMILES string of the molecule is COc1ccc2c(c1)CCN(c1ccc(OC(C)C)cc1F)C2(C)c1ccc(Br)cc1. The van der Waals surface area contributed by atoms with Crippen molar-refractivity contribution in [2.75, 3.05) is 18.6 Å². The van der Waals surface area contributed by atoms with Crippen LogP contribution in [0.2, 0.25) is 0 Å². The first-order chi connectivity index (χ1) is 14.8. The van der Waals surface area contributed by atoms with E-state index in [-0.39, 0.29) is 11.9 Å². The lowest BCUT2D eigenvalue weighted by molar-refractivity contribution is 0.241. The number of anilines is 1. The fourth-order valence-corrected chi connectivity index (χ4v) is 4.74. The standard InChI is InChI=1S/C26H27BrFNO2/c1-17(2)31-22-10-12-25(24(28)16-22)29-14-13-18-15-21(30-4)9-11-23(18)26(29,3)19-5-7-20(27)8-6-19/h5-12,15-17H,13-14H2,1-4H3.